The molecule has 0 bridgehead atoms. The third-order valence-corrected chi connectivity index (χ3v) is 2.91. The summed E-state index contributed by atoms with van der Waals surface area (Å²) in [4.78, 5) is 0. The highest BCUT2D eigenvalue weighted by Gasteiger charge is 2.41. The Hall–Kier alpha value is -0.760. The predicted octanol–water partition coefficient (Wildman–Crippen LogP) is 2.45. The van der Waals surface area contributed by atoms with Gasteiger partial charge in [-0.3, -0.25) is 0 Å². The zero-order chi connectivity index (χ0) is 9.15. The van der Waals surface area contributed by atoms with Crippen LogP contribution in [-0.4, -0.2) is 16.8 Å². The SMILES string of the molecule is CCC1(CCCn2cccc2)CO1. The first-order valence-corrected chi connectivity index (χ1v) is 5.09. The number of aromatic nitrogens is 1. The summed E-state index contributed by atoms with van der Waals surface area (Å²) in [5, 5.41) is 0. The molecule has 13 heavy (non-hydrogen) atoms. The van der Waals surface area contributed by atoms with Crippen molar-refractivity contribution < 1.29 is 4.74 Å². The van der Waals surface area contributed by atoms with E-state index in [2.05, 4.69) is 36.0 Å². The van der Waals surface area contributed by atoms with E-state index in [0.717, 1.165) is 13.2 Å². The fraction of sp³-hybridized carbons (Fsp3) is 0.636. The van der Waals surface area contributed by atoms with Crippen molar-refractivity contribution in [3.8, 4) is 0 Å². The molecule has 1 aromatic heterocycles. The summed E-state index contributed by atoms with van der Waals surface area (Å²) in [6.07, 6.45) is 7.83. The van der Waals surface area contributed by atoms with Gasteiger partial charge in [-0.1, -0.05) is 6.92 Å². The van der Waals surface area contributed by atoms with Crippen molar-refractivity contribution in [1.29, 1.82) is 0 Å². The van der Waals surface area contributed by atoms with E-state index in [-0.39, 0.29) is 5.60 Å². The first-order chi connectivity index (χ1) is 6.35. The van der Waals surface area contributed by atoms with Crippen LogP contribution in [0.25, 0.3) is 0 Å². The Morgan fingerprint density at radius 3 is 2.62 bits per heavy atom. The molecule has 0 amide bonds. The van der Waals surface area contributed by atoms with E-state index >= 15 is 0 Å². The summed E-state index contributed by atoms with van der Waals surface area (Å²) >= 11 is 0. The maximum atomic E-state index is 5.46. The summed E-state index contributed by atoms with van der Waals surface area (Å²) in [6, 6.07) is 4.15. The molecule has 1 aromatic rings. The fourth-order valence-corrected chi connectivity index (χ4v) is 1.73. The third kappa shape index (κ3) is 2.13. The maximum absolute atomic E-state index is 5.46. The lowest BCUT2D eigenvalue weighted by Crippen LogP contribution is -2.10. The minimum absolute atomic E-state index is 0.271. The van der Waals surface area contributed by atoms with Gasteiger partial charge in [0.1, 0.15) is 0 Å². The largest absolute Gasteiger partial charge is 0.370 e. The zero-order valence-corrected chi connectivity index (χ0v) is 8.20. The van der Waals surface area contributed by atoms with Crippen molar-refractivity contribution in [2.24, 2.45) is 0 Å². The van der Waals surface area contributed by atoms with Crippen LogP contribution < -0.4 is 0 Å². The molecule has 72 valence electrons. The van der Waals surface area contributed by atoms with E-state index in [0.29, 0.717) is 0 Å². The van der Waals surface area contributed by atoms with Gasteiger partial charge in [-0.2, -0.15) is 0 Å². The van der Waals surface area contributed by atoms with Crippen molar-refractivity contribution in [3.05, 3.63) is 24.5 Å². The van der Waals surface area contributed by atoms with Crippen LogP contribution in [0.2, 0.25) is 0 Å². The molecule has 1 saturated heterocycles. The monoisotopic (exact) mass is 179 g/mol. The normalized spacial score (nSPS) is 26.2. The van der Waals surface area contributed by atoms with Gasteiger partial charge in [0.05, 0.1) is 12.2 Å². The van der Waals surface area contributed by atoms with Gasteiger partial charge in [-0.05, 0) is 31.4 Å². The van der Waals surface area contributed by atoms with Crippen LogP contribution in [0.15, 0.2) is 24.5 Å². The molecule has 0 spiro atoms. The van der Waals surface area contributed by atoms with Gasteiger partial charge in [0.25, 0.3) is 0 Å². The lowest BCUT2D eigenvalue weighted by molar-refractivity contribution is 0.273. The average Bonchev–Trinajstić information content (AvgIpc) is 2.74. The van der Waals surface area contributed by atoms with E-state index in [1.807, 2.05) is 0 Å². The highest BCUT2D eigenvalue weighted by molar-refractivity contribution is 4.92. The average molecular weight is 179 g/mol. The fourth-order valence-electron chi connectivity index (χ4n) is 1.73. The van der Waals surface area contributed by atoms with E-state index in [9.17, 15) is 0 Å². The van der Waals surface area contributed by atoms with Gasteiger partial charge >= 0.3 is 0 Å². The Bertz CT molecular complexity index is 249. The van der Waals surface area contributed by atoms with Crippen molar-refractivity contribution in [2.75, 3.05) is 6.61 Å². The van der Waals surface area contributed by atoms with Crippen molar-refractivity contribution in [1.82, 2.24) is 4.57 Å². The van der Waals surface area contributed by atoms with Crippen molar-refractivity contribution >= 4 is 0 Å². The number of hydrogen-bond donors (Lipinski definition) is 0. The molecule has 2 heterocycles. The van der Waals surface area contributed by atoms with Gasteiger partial charge in [-0.25, -0.2) is 0 Å². The maximum Gasteiger partial charge on any atom is 0.0914 e. The molecule has 2 rings (SSSR count). The van der Waals surface area contributed by atoms with Crippen LogP contribution in [0.1, 0.15) is 26.2 Å². The van der Waals surface area contributed by atoms with Crippen LogP contribution in [0, 0.1) is 0 Å². The molecule has 1 atom stereocenters. The number of rotatable bonds is 5. The second kappa shape index (κ2) is 3.54. The smallest absolute Gasteiger partial charge is 0.0914 e. The second-order valence-corrected chi connectivity index (χ2v) is 3.85. The molecule has 1 aliphatic heterocycles. The topological polar surface area (TPSA) is 17.5 Å². The predicted molar refractivity (Wildman–Crippen MR) is 52.6 cm³/mol. The molecule has 2 nitrogen and oxygen atoms in total. The number of hydrogen-bond acceptors (Lipinski definition) is 1. The first kappa shape index (κ1) is 8.82. The van der Waals surface area contributed by atoms with Crippen molar-refractivity contribution in [3.63, 3.8) is 0 Å². The number of aryl methyl sites for hydroxylation is 1. The Kier molecular flexibility index (Phi) is 2.40. The Morgan fingerprint density at radius 1 is 1.38 bits per heavy atom. The first-order valence-electron chi connectivity index (χ1n) is 5.09. The Balaban J connectivity index is 1.70. The molecule has 0 aliphatic carbocycles. The van der Waals surface area contributed by atoms with Crippen LogP contribution >= 0.6 is 0 Å². The minimum atomic E-state index is 0.271. The summed E-state index contributed by atoms with van der Waals surface area (Å²) < 4.78 is 7.68. The van der Waals surface area contributed by atoms with Crippen LogP contribution in [0.5, 0.6) is 0 Å². The molecule has 0 radical (unpaired) electrons. The lowest BCUT2D eigenvalue weighted by Gasteiger charge is -2.08. The van der Waals surface area contributed by atoms with Gasteiger partial charge in [-0.15, -0.1) is 0 Å². The Labute approximate surface area is 79.5 Å². The molecular weight excluding hydrogens is 162 g/mol. The molecule has 1 fully saturated rings. The Morgan fingerprint density at radius 2 is 2.08 bits per heavy atom. The van der Waals surface area contributed by atoms with E-state index < -0.39 is 0 Å². The molecular formula is C11H17NO. The van der Waals surface area contributed by atoms with Crippen molar-refractivity contribution in [2.45, 2.75) is 38.3 Å². The summed E-state index contributed by atoms with van der Waals surface area (Å²) in [5.74, 6) is 0. The van der Waals surface area contributed by atoms with E-state index in [4.69, 9.17) is 4.74 Å². The molecule has 0 aromatic carbocycles. The van der Waals surface area contributed by atoms with Crippen LogP contribution in [0.4, 0.5) is 0 Å². The molecule has 1 unspecified atom stereocenters. The summed E-state index contributed by atoms with van der Waals surface area (Å²) in [6.45, 7) is 4.32. The van der Waals surface area contributed by atoms with Gasteiger partial charge in [0, 0.05) is 18.9 Å². The third-order valence-electron chi connectivity index (χ3n) is 2.91. The standard InChI is InChI=1S/C11H17NO/c1-2-11(10-13-11)6-5-9-12-7-3-4-8-12/h3-4,7-8H,2,5-6,9-10H2,1H3. The molecule has 0 N–H and O–H groups in total. The number of nitrogens with zero attached hydrogens (tertiary/aromatic N) is 1. The summed E-state index contributed by atoms with van der Waals surface area (Å²) in [5.41, 5.74) is 0.271. The molecule has 1 aliphatic rings. The quantitative estimate of drug-likeness (QED) is 0.635. The van der Waals surface area contributed by atoms with Crippen LogP contribution in [-0.2, 0) is 11.3 Å². The molecule has 2 heteroatoms. The highest BCUT2D eigenvalue weighted by atomic mass is 16.6. The number of epoxide rings is 1. The van der Waals surface area contributed by atoms with E-state index in [1.165, 1.54) is 19.3 Å². The minimum Gasteiger partial charge on any atom is -0.370 e. The zero-order valence-electron chi connectivity index (χ0n) is 8.20. The van der Waals surface area contributed by atoms with Gasteiger partial charge in [0.15, 0.2) is 0 Å². The number of ether oxygens (including phenoxy) is 1. The highest BCUT2D eigenvalue weighted by Crippen LogP contribution is 2.35. The molecule has 0 saturated carbocycles. The summed E-state index contributed by atoms with van der Waals surface area (Å²) in [7, 11) is 0. The second-order valence-electron chi connectivity index (χ2n) is 3.85. The van der Waals surface area contributed by atoms with Gasteiger partial charge < -0.3 is 9.30 Å². The van der Waals surface area contributed by atoms with E-state index in [1.54, 1.807) is 0 Å². The van der Waals surface area contributed by atoms with Gasteiger partial charge in [0.2, 0.25) is 0 Å². The van der Waals surface area contributed by atoms with Crippen LogP contribution in [0.3, 0.4) is 0 Å². The lowest BCUT2D eigenvalue weighted by atomic mass is 10.0.